The molecule has 5 nitrogen and oxygen atoms in total. The summed E-state index contributed by atoms with van der Waals surface area (Å²) in [5.41, 5.74) is 8.60. The highest BCUT2D eigenvalue weighted by Gasteiger charge is 2.16. The average Bonchev–Trinajstić information content (AvgIpc) is 3.43. The molecule has 0 atom stereocenters. The first-order valence-electron chi connectivity index (χ1n) is 10.3. The number of hydrogen-bond acceptors (Lipinski definition) is 3. The lowest BCUT2D eigenvalue weighted by Gasteiger charge is -2.05. The molecule has 6 aromatic rings. The van der Waals surface area contributed by atoms with Crippen LogP contribution in [0.3, 0.4) is 0 Å². The number of aromatic amines is 2. The third-order valence-electron chi connectivity index (χ3n) is 5.81. The molecule has 2 N–H and O–H groups in total. The van der Waals surface area contributed by atoms with Crippen LogP contribution in [0.25, 0.3) is 55.7 Å². The third-order valence-corrected chi connectivity index (χ3v) is 5.81. The number of rotatable bonds is 3. The van der Waals surface area contributed by atoms with Crippen LogP contribution in [0.2, 0.25) is 0 Å². The molecule has 0 fully saturated rings. The molecule has 6 heteroatoms. The van der Waals surface area contributed by atoms with Crippen molar-refractivity contribution in [1.29, 1.82) is 0 Å². The molecule has 3 aromatic carbocycles. The minimum absolute atomic E-state index is 0.258. The molecular weight excluding hydrogens is 401 g/mol. The second-order valence-corrected chi connectivity index (χ2v) is 7.82. The van der Waals surface area contributed by atoms with Gasteiger partial charge in [-0.1, -0.05) is 30.3 Å². The van der Waals surface area contributed by atoms with E-state index in [0.717, 1.165) is 55.4 Å². The first-order valence-corrected chi connectivity index (χ1v) is 10.3. The smallest absolute Gasteiger partial charge is 0.159 e. The van der Waals surface area contributed by atoms with Crippen LogP contribution in [-0.2, 0) is 0 Å². The van der Waals surface area contributed by atoms with E-state index in [0.29, 0.717) is 5.82 Å². The normalized spacial score (nSPS) is 11.4. The van der Waals surface area contributed by atoms with Gasteiger partial charge in [0.1, 0.15) is 11.5 Å². The number of halogens is 1. The summed E-state index contributed by atoms with van der Waals surface area (Å²) in [5.74, 6) is 0.423. The summed E-state index contributed by atoms with van der Waals surface area (Å²) in [7, 11) is 0. The van der Waals surface area contributed by atoms with Gasteiger partial charge in [-0.05, 0) is 60.0 Å². The van der Waals surface area contributed by atoms with E-state index < -0.39 is 0 Å². The largest absolute Gasteiger partial charge is 0.337 e. The van der Waals surface area contributed by atoms with Gasteiger partial charge in [-0.25, -0.2) is 9.37 Å². The van der Waals surface area contributed by atoms with Crippen LogP contribution in [0, 0.1) is 12.7 Å². The van der Waals surface area contributed by atoms with Crippen molar-refractivity contribution in [3.05, 3.63) is 90.5 Å². The number of imidazole rings is 1. The van der Waals surface area contributed by atoms with Crippen LogP contribution in [-0.4, -0.2) is 25.1 Å². The monoisotopic (exact) mass is 419 g/mol. The van der Waals surface area contributed by atoms with E-state index >= 15 is 0 Å². The van der Waals surface area contributed by atoms with Crippen molar-refractivity contribution >= 4 is 21.9 Å². The fourth-order valence-electron chi connectivity index (χ4n) is 4.13. The van der Waals surface area contributed by atoms with Crippen molar-refractivity contribution in [3.63, 3.8) is 0 Å². The van der Waals surface area contributed by atoms with Gasteiger partial charge in [0.15, 0.2) is 5.82 Å². The van der Waals surface area contributed by atoms with Crippen molar-refractivity contribution in [2.45, 2.75) is 6.92 Å². The molecule has 0 saturated carbocycles. The first-order chi connectivity index (χ1) is 15.7. The van der Waals surface area contributed by atoms with Crippen molar-refractivity contribution < 1.29 is 4.39 Å². The average molecular weight is 419 g/mol. The summed E-state index contributed by atoms with van der Waals surface area (Å²) in [5, 5.41) is 8.64. The summed E-state index contributed by atoms with van der Waals surface area (Å²) in [4.78, 5) is 12.6. The Bertz CT molecular complexity index is 1590. The van der Waals surface area contributed by atoms with E-state index in [1.54, 1.807) is 18.3 Å². The number of hydrogen-bond donors (Lipinski definition) is 2. The lowest BCUT2D eigenvalue weighted by molar-refractivity contribution is 0.628. The summed E-state index contributed by atoms with van der Waals surface area (Å²) in [6.45, 7) is 2.08. The standard InChI is InChI=1S/C26H18FN5/c1-15-11-12-28-14-21(15)17-7-10-22-20(13-17)25(32-31-22)26-29-23-4-2-3-19(24(23)30-26)16-5-8-18(27)9-6-16/h2-14H,1H3,(H,29,30)(H,31,32). The van der Waals surface area contributed by atoms with Gasteiger partial charge in [0.25, 0.3) is 0 Å². The molecule has 3 aromatic heterocycles. The molecule has 0 unspecified atom stereocenters. The molecule has 154 valence electrons. The Hall–Kier alpha value is -4.32. The summed E-state index contributed by atoms with van der Waals surface area (Å²) in [6.07, 6.45) is 3.68. The summed E-state index contributed by atoms with van der Waals surface area (Å²) in [6, 6.07) is 20.6. The zero-order chi connectivity index (χ0) is 21.7. The van der Waals surface area contributed by atoms with Crippen LogP contribution < -0.4 is 0 Å². The minimum atomic E-state index is -0.258. The Morgan fingerprint density at radius 2 is 1.69 bits per heavy atom. The molecule has 3 heterocycles. The highest BCUT2D eigenvalue weighted by atomic mass is 19.1. The minimum Gasteiger partial charge on any atom is -0.337 e. The summed E-state index contributed by atoms with van der Waals surface area (Å²) >= 11 is 0. The van der Waals surface area contributed by atoms with E-state index in [1.807, 2.05) is 36.5 Å². The Morgan fingerprint density at radius 3 is 2.53 bits per heavy atom. The van der Waals surface area contributed by atoms with Gasteiger partial charge in [-0.15, -0.1) is 0 Å². The van der Waals surface area contributed by atoms with E-state index in [4.69, 9.17) is 4.98 Å². The topological polar surface area (TPSA) is 70.2 Å². The van der Waals surface area contributed by atoms with Crippen LogP contribution >= 0.6 is 0 Å². The fraction of sp³-hybridized carbons (Fsp3) is 0.0385. The number of nitrogens with zero attached hydrogens (tertiary/aromatic N) is 3. The highest BCUT2D eigenvalue weighted by molar-refractivity contribution is 5.98. The lowest BCUT2D eigenvalue weighted by atomic mass is 10.0. The number of pyridine rings is 1. The Balaban J connectivity index is 1.51. The Kier molecular flexibility index (Phi) is 4.11. The number of fused-ring (bicyclic) bond motifs is 2. The van der Waals surface area contributed by atoms with Crippen molar-refractivity contribution in [3.8, 4) is 33.8 Å². The molecule has 0 aliphatic heterocycles. The van der Waals surface area contributed by atoms with E-state index in [-0.39, 0.29) is 5.82 Å². The second-order valence-electron chi connectivity index (χ2n) is 7.82. The van der Waals surface area contributed by atoms with Crippen LogP contribution in [0.4, 0.5) is 4.39 Å². The Labute approximate surface area is 183 Å². The van der Waals surface area contributed by atoms with Gasteiger partial charge < -0.3 is 4.98 Å². The molecule has 0 bridgehead atoms. The number of H-pyrrole nitrogens is 2. The van der Waals surface area contributed by atoms with E-state index in [2.05, 4.69) is 39.2 Å². The number of para-hydroxylation sites is 1. The van der Waals surface area contributed by atoms with Gasteiger partial charge in [0.05, 0.1) is 16.6 Å². The maximum Gasteiger partial charge on any atom is 0.159 e. The number of nitrogens with one attached hydrogen (secondary N) is 2. The maximum absolute atomic E-state index is 13.4. The molecule has 0 aliphatic carbocycles. The molecule has 0 radical (unpaired) electrons. The van der Waals surface area contributed by atoms with Gasteiger partial charge in [-0.3, -0.25) is 10.1 Å². The number of aryl methyl sites for hydroxylation is 1. The Morgan fingerprint density at radius 1 is 0.844 bits per heavy atom. The van der Waals surface area contributed by atoms with Crippen LogP contribution in [0.15, 0.2) is 79.1 Å². The first kappa shape index (κ1) is 18.4. The molecule has 0 amide bonds. The van der Waals surface area contributed by atoms with Gasteiger partial charge in [0.2, 0.25) is 0 Å². The summed E-state index contributed by atoms with van der Waals surface area (Å²) < 4.78 is 13.4. The molecular formula is C26H18FN5. The SMILES string of the molecule is Cc1ccncc1-c1ccc2[nH]nc(-c3nc4c(-c5ccc(F)cc5)cccc4[nH]3)c2c1. The van der Waals surface area contributed by atoms with Crippen LogP contribution in [0.1, 0.15) is 5.56 Å². The van der Waals surface area contributed by atoms with Crippen molar-refractivity contribution in [2.75, 3.05) is 0 Å². The zero-order valence-electron chi connectivity index (χ0n) is 17.2. The predicted molar refractivity (Wildman–Crippen MR) is 125 cm³/mol. The van der Waals surface area contributed by atoms with Gasteiger partial charge in [0, 0.05) is 28.9 Å². The highest BCUT2D eigenvalue weighted by Crippen LogP contribution is 2.33. The zero-order valence-corrected chi connectivity index (χ0v) is 17.2. The predicted octanol–water partition coefficient (Wildman–Crippen LogP) is 6.28. The van der Waals surface area contributed by atoms with E-state index in [9.17, 15) is 4.39 Å². The fourth-order valence-corrected chi connectivity index (χ4v) is 4.13. The van der Waals surface area contributed by atoms with Gasteiger partial charge >= 0.3 is 0 Å². The third kappa shape index (κ3) is 2.96. The molecule has 0 aliphatic rings. The molecule has 32 heavy (non-hydrogen) atoms. The number of aromatic nitrogens is 5. The van der Waals surface area contributed by atoms with Crippen molar-refractivity contribution in [2.24, 2.45) is 0 Å². The van der Waals surface area contributed by atoms with Crippen molar-refractivity contribution in [1.82, 2.24) is 25.1 Å². The second kappa shape index (κ2) is 7.13. The number of benzene rings is 3. The lowest BCUT2D eigenvalue weighted by Crippen LogP contribution is -1.86. The van der Waals surface area contributed by atoms with Crippen LogP contribution in [0.5, 0.6) is 0 Å². The molecule has 0 spiro atoms. The molecule has 6 rings (SSSR count). The molecule has 0 saturated heterocycles. The van der Waals surface area contributed by atoms with Gasteiger partial charge in [-0.2, -0.15) is 5.10 Å². The van der Waals surface area contributed by atoms with E-state index in [1.165, 1.54) is 12.1 Å². The maximum atomic E-state index is 13.4. The quantitative estimate of drug-likeness (QED) is 0.354.